The van der Waals surface area contributed by atoms with Gasteiger partial charge in [0.25, 0.3) is 0 Å². The first kappa shape index (κ1) is 10.4. The number of amides is 1. The van der Waals surface area contributed by atoms with Crippen molar-refractivity contribution in [1.82, 2.24) is 5.32 Å². The van der Waals surface area contributed by atoms with E-state index in [1.165, 1.54) is 6.92 Å². The van der Waals surface area contributed by atoms with Gasteiger partial charge in [-0.15, -0.1) is 0 Å². The quantitative estimate of drug-likeness (QED) is 0.622. The maximum absolute atomic E-state index is 10.7. The molecule has 0 unspecified atom stereocenters. The lowest BCUT2D eigenvalue weighted by atomic mass is 9.86. The van der Waals surface area contributed by atoms with E-state index in [1.807, 2.05) is 0 Å². The van der Waals surface area contributed by atoms with Crippen molar-refractivity contribution in [2.24, 2.45) is 0 Å². The lowest BCUT2D eigenvalue weighted by molar-refractivity contribution is -0.123. The minimum Gasteiger partial charge on any atom is -0.388 e. The minimum atomic E-state index is -0.904. The van der Waals surface area contributed by atoms with Crippen molar-refractivity contribution in [2.75, 3.05) is 0 Å². The zero-order valence-corrected chi connectivity index (χ0v) is 7.86. The summed E-state index contributed by atoms with van der Waals surface area (Å²) < 4.78 is 0. The molecule has 0 aromatic carbocycles. The zero-order valence-electron chi connectivity index (χ0n) is 7.86. The first-order valence-electron chi connectivity index (χ1n) is 3.68. The van der Waals surface area contributed by atoms with Gasteiger partial charge in [0.05, 0.1) is 11.1 Å². The molecule has 0 atom stereocenters. The van der Waals surface area contributed by atoms with Crippen molar-refractivity contribution in [1.29, 1.82) is 0 Å². The van der Waals surface area contributed by atoms with Crippen LogP contribution >= 0.6 is 0 Å². The molecular formula is C8H17NO2. The van der Waals surface area contributed by atoms with Gasteiger partial charge in [-0.05, 0) is 27.7 Å². The third-order valence-corrected chi connectivity index (χ3v) is 2.02. The molecule has 66 valence electrons. The van der Waals surface area contributed by atoms with Gasteiger partial charge >= 0.3 is 0 Å². The normalized spacial score (nSPS) is 12.9. The number of carbonyl (C=O) groups is 1. The van der Waals surface area contributed by atoms with Crippen LogP contribution in [-0.4, -0.2) is 22.2 Å². The van der Waals surface area contributed by atoms with E-state index < -0.39 is 11.1 Å². The van der Waals surface area contributed by atoms with Gasteiger partial charge in [-0.1, -0.05) is 0 Å². The minimum absolute atomic E-state index is 0.128. The number of aliphatic hydroxyl groups is 1. The molecule has 3 heteroatoms. The van der Waals surface area contributed by atoms with Crippen LogP contribution in [0.5, 0.6) is 0 Å². The Hall–Kier alpha value is -0.570. The standard InChI is InChI=1S/C8H17NO2/c1-6(10)9-7(2,3)8(4,5)11/h11H,1-5H3,(H,9,10). The molecule has 0 spiro atoms. The van der Waals surface area contributed by atoms with Crippen molar-refractivity contribution in [3.8, 4) is 0 Å². The second-order valence-electron chi connectivity index (χ2n) is 3.87. The van der Waals surface area contributed by atoms with E-state index in [1.54, 1.807) is 27.7 Å². The fourth-order valence-corrected chi connectivity index (χ4v) is 0.593. The Balaban J connectivity index is 4.34. The molecule has 11 heavy (non-hydrogen) atoms. The number of nitrogens with one attached hydrogen (secondary N) is 1. The summed E-state index contributed by atoms with van der Waals surface area (Å²) in [5.74, 6) is -0.128. The highest BCUT2D eigenvalue weighted by Crippen LogP contribution is 2.19. The maximum atomic E-state index is 10.7. The molecule has 0 rings (SSSR count). The van der Waals surface area contributed by atoms with Crippen LogP contribution in [0, 0.1) is 0 Å². The molecule has 0 radical (unpaired) electrons. The summed E-state index contributed by atoms with van der Waals surface area (Å²) in [5.41, 5.74) is -1.49. The summed E-state index contributed by atoms with van der Waals surface area (Å²) in [4.78, 5) is 10.7. The molecule has 0 aliphatic carbocycles. The summed E-state index contributed by atoms with van der Waals surface area (Å²) >= 11 is 0. The Kier molecular flexibility index (Phi) is 2.67. The third-order valence-electron chi connectivity index (χ3n) is 2.02. The number of hydrogen-bond donors (Lipinski definition) is 2. The van der Waals surface area contributed by atoms with Crippen molar-refractivity contribution in [2.45, 2.75) is 45.8 Å². The highest BCUT2D eigenvalue weighted by atomic mass is 16.3. The summed E-state index contributed by atoms with van der Waals surface area (Å²) in [6, 6.07) is 0. The Morgan fingerprint density at radius 1 is 1.27 bits per heavy atom. The van der Waals surface area contributed by atoms with Crippen LogP contribution in [0.4, 0.5) is 0 Å². The first-order valence-corrected chi connectivity index (χ1v) is 3.68. The molecule has 0 aliphatic heterocycles. The number of carbonyl (C=O) groups excluding carboxylic acids is 1. The average molecular weight is 159 g/mol. The van der Waals surface area contributed by atoms with Crippen molar-refractivity contribution in [3.05, 3.63) is 0 Å². The van der Waals surface area contributed by atoms with Gasteiger partial charge < -0.3 is 10.4 Å². The molecule has 0 saturated heterocycles. The van der Waals surface area contributed by atoms with E-state index in [9.17, 15) is 9.90 Å². The van der Waals surface area contributed by atoms with Gasteiger partial charge in [0, 0.05) is 6.92 Å². The first-order chi connectivity index (χ1) is 4.67. The smallest absolute Gasteiger partial charge is 0.217 e. The van der Waals surface area contributed by atoms with E-state index in [-0.39, 0.29) is 5.91 Å². The summed E-state index contributed by atoms with van der Waals surface area (Å²) in [7, 11) is 0. The Morgan fingerprint density at radius 3 is 1.73 bits per heavy atom. The van der Waals surface area contributed by atoms with E-state index in [0.717, 1.165) is 0 Å². The van der Waals surface area contributed by atoms with Gasteiger partial charge in [0.2, 0.25) is 5.91 Å². The van der Waals surface area contributed by atoms with Crippen LogP contribution in [0.2, 0.25) is 0 Å². The van der Waals surface area contributed by atoms with Crippen LogP contribution in [0.25, 0.3) is 0 Å². The molecule has 2 N–H and O–H groups in total. The van der Waals surface area contributed by atoms with Crippen LogP contribution in [-0.2, 0) is 4.79 Å². The Morgan fingerprint density at radius 2 is 1.64 bits per heavy atom. The second kappa shape index (κ2) is 2.81. The average Bonchev–Trinajstić information content (AvgIpc) is 1.56. The molecule has 0 heterocycles. The van der Waals surface area contributed by atoms with Gasteiger partial charge in [-0.3, -0.25) is 4.79 Å². The summed E-state index contributed by atoms with van der Waals surface area (Å²) in [6.07, 6.45) is 0. The Labute approximate surface area is 67.8 Å². The predicted octanol–water partition coefficient (Wildman–Crippen LogP) is 0.672. The molecule has 3 nitrogen and oxygen atoms in total. The lowest BCUT2D eigenvalue weighted by Gasteiger charge is -2.37. The van der Waals surface area contributed by atoms with E-state index in [0.29, 0.717) is 0 Å². The van der Waals surface area contributed by atoms with E-state index in [2.05, 4.69) is 5.32 Å². The van der Waals surface area contributed by atoms with Gasteiger partial charge in [-0.2, -0.15) is 0 Å². The molecule has 0 aliphatic rings. The fraction of sp³-hybridized carbons (Fsp3) is 0.875. The van der Waals surface area contributed by atoms with Gasteiger partial charge in [-0.25, -0.2) is 0 Å². The number of hydrogen-bond acceptors (Lipinski definition) is 2. The molecular weight excluding hydrogens is 142 g/mol. The van der Waals surface area contributed by atoms with Crippen LogP contribution < -0.4 is 5.32 Å². The fourth-order valence-electron chi connectivity index (χ4n) is 0.593. The highest BCUT2D eigenvalue weighted by molar-refractivity contribution is 5.73. The van der Waals surface area contributed by atoms with Crippen molar-refractivity contribution < 1.29 is 9.90 Å². The number of rotatable bonds is 2. The molecule has 0 saturated carbocycles. The van der Waals surface area contributed by atoms with Crippen LogP contribution in [0.1, 0.15) is 34.6 Å². The summed E-state index contributed by atoms with van der Waals surface area (Å²) in [6.45, 7) is 8.35. The molecule has 1 amide bonds. The van der Waals surface area contributed by atoms with Crippen LogP contribution in [0.15, 0.2) is 0 Å². The van der Waals surface area contributed by atoms with Crippen LogP contribution in [0.3, 0.4) is 0 Å². The largest absolute Gasteiger partial charge is 0.388 e. The van der Waals surface area contributed by atoms with Crippen molar-refractivity contribution in [3.63, 3.8) is 0 Å². The third kappa shape index (κ3) is 2.89. The van der Waals surface area contributed by atoms with Gasteiger partial charge in [0.15, 0.2) is 0 Å². The summed E-state index contributed by atoms with van der Waals surface area (Å²) in [5, 5.41) is 12.2. The molecule has 0 aromatic heterocycles. The van der Waals surface area contributed by atoms with E-state index in [4.69, 9.17) is 0 Å². The lowest BCUT2D eigenvalue weighted by Crippen LogP contribution is -2.57. The maximum Gasteiger partial charge on any atom is 0.217 e. The SMILES string of the molecule is CC(=O)NC(C)(C)C(C)(C)O. The monoisotopic (exact) mass is 159 g/mol. The zero-order chi connectivity index (χ0) is 9.28. The highest BCUT2D eigenvalue weighted by Gasteiger charge is 2.35. The molecule has 0 bridgehead atoms. The van der Waals surface area contributed by atoms with Crippen molar-refractivity contribution >= 4 is 5.91 Å². The molecule has 0 aromatic rings. The van der Waals surface area contributed by atoms with Gasteiger partial charge in [0.1, 0.15) is 0 Å². The topological polar surface area (TPSA) is 49.3 Å². The predicted molar refractivity (Wildman–Crippen MR) is 44.2 cm³/mol. The van der Waals surface area contributed by atoms with E-state index >= 15 is 0 Å². The second-order valence-corrected chi connectivity index (χ2v) is 3.87. The Bertz CT molecular complexity index is 156. The molecule has 0 fully saturated rings.